The Bertz CT molecular complexity index is 114. The Hall–Kier alpha value is 0.805. The second-order valence-corrected chi connectivity index (χ2v) is 7.80. The van der Waals surface area contributed by atoms with Gasteiger partial charge in [-0.25, -0.2) is 0 Å². The van der Waals surface area contributed by atoms with E-state index in [2.05, 4.69) is 40.3 Å². The summed E-state index contributed by atoms with van der Waals surface area (Å²) < 4.78 is 0. The maximum absolute atomic E-state index is 3.85. The normalized spacial score (nSPS) is 10.0. The molecule has 0 fully saturated rings. The van der Waals surface area contributed by atoms with Gasteiger partial charge in [0.05, 0.1) is 0 Å². The van der Waals surface area contributed by atoms with Crippen LogP contribution in [0.15, 0.2) is 12.7 Å². The van der Waals surface area contributed by atoms with Crippen molar-refractivity contribution < 1.29 is 1.43 Å². The lowest BCUT2D eigenvalue weighted by Crippen LogP contribution is -2.16. The Morgan fingerprint density at radius 1 is 1.15 bits per heavy atom. The van der Waals surface area contributed by atoms with Gasteiger partial charge < -0.3 is 0 Å². The summed E-state index contributed by atoms with van der Waals surface area (Å²) in [7, 11) is 0. The predicted octanol–water partition coefficient (Wildman–Crippen LogP) is 3.04. The minimum atomic E-state index is -0.468. The quantitative estimate of drug-likeness (QED) is 0.471. The molecule has 0 radical (unpaired) electrons. The van der Waals surface area contributed by atoms with Crippen LogP contribution in [0.2, 0.25) is 15.8 Å². The third-order valence-corrected chi connectivity index (χ3v) is 6.33. The number of rotatable bonds is 6. The third kappa shape index (κ3) is 10.7. The zero-order chi connectivity index (χ0) is 9.56. The van der Waals surface area contributed by atoms with Crippen molar-refractivity contribution in [2.45, 2.75) is 43.5 Å². The average molecular weight is 214 g/mol. The highest BCUT2D eigenvalue weighted by Crippen LogP contribution is 2.17. The molecule has 0 unspecified atom stereocenters. The van der Waals surface area contributed by atoms with Crippen LogP contribution in [0.5, 0.6) is 0 Å². The SMILES string of the molecule is C=C[CH2][Al]([CH2]C(C)C)[CH2]C(C)C.[AlH3].[HH]. The van der Waals surface area contributed by atoms with Crippen LogP contribution in [-0.2, 0) is 0 Å². The molecule has 0 rings (SSSR count). The first-order chi connectivity index (χ1) is 5.56. The average Bonchev–Trinajstić information content (AvgIpc) is 1.84. The molecule has 78 valence electrons. The van der Waals surface area contributed by atoms with Gasteiger partial charge in [-0.3, -0.25) is 0 Å². The molecule has 0 atom stereocenters. The summed E-state index contributed by atoms with van der Waals surface area (Å²) in [6.45, 7) is 13.2. The van der Waals surface area contributed by atoms with E-state index in [-0.39, 0.29) is 18.8 Å². The van der Waals surface area contributed by atoms with E-state index >= 15 is 0 Å². The smallest absolute Gasteiger partial charge is 0.105 e. The molecule has 0 aromatic heterocycles. The number of allylic oxidation sites excluding steroid dienone is 1. The molecule has 0 bridgehead atoms. The van der Waals surface area contributed by atoms with Crippen LogP contribution in [0.4, 0.5) is 0 Å². The lowest BCUT2D eigenvalue weighted by Gasteiger charge is -2.14. The molecule has 0 N–H and O–H groups in total. The minimum absolute atomic E-state index is 0. The monoisotopic (exact) mass is 214 g/mol. The van der Waals surface area contributed by atoms with Crippen LogP contribution >= 0.6 is 0 Å². The van der Waals surface area contributed by atoms with Gasteiger partial charge in [0.15, 0.2) is 17.4 Å². The minimum Gasteiger partial charge on any atom is -0.105 e. The van der Waals surface area contributed by atoms with E-state index in [1.54, 1.807) is 0 Å². The Kier molecular flexibility index (Phi) is 11.7. The number of hydrogen-bond donors (Lipinski definition) is 0. The highest BCUT2D eigenvalue weighted by molar-refractivity contribution is 6.59. The molecule has 0 heterocycles. The van der Waals surface area contributed by atoms with E-state index in [1.807, 2.05) is 0 Å². The van der Waals surface area contributed by atoms with Crippen molar-refractivity contribution in [2.24, 2.45) is 11.8 Å². The Labute approximate surface area is 101 Å². The van der Waals surface area contributed by atoms with Crippen LogP contribution in [-0.4, -0.2) is 31.5 Å². The molecule has 0 nitrogen and oxygen atoms in total. The van der Waals surface area contributed by atoms with Crippen molar-refractivity contribution in [3.05, 3.63) is 12.7 Å². The van der Waals surface area contributed by atoms with Crippen molar-refractivity contribution >= 4 is 31.5 Å². The summed E-state index contributed by atoms with van der Waals surface area (Å²) in [5.74, 6) is 1.78. The highest BCUT2D eigenvalue weighted by Gasteiger charge is 2.17. The fourth-order valence-electron chi connectivity index (χ4n) is 1.86. The largest absolute Gasteiger partial charge is 0.266 e. The third-order valence-electron chi connectivity index (χ3n) is 2.11. The molecule has 0 saturated carbocycles. The first kappa shape index (κ1) is 16.2. The maximum atomic E-state index is 3.85. The summed E-state index contributed by atoms with van der Waals surface area (Å²) in [5.41, 5.74) is 0. The summed E-state index contributed by atoms with van der Waals surface area (Å²) in [6, 6.07) is 0. The predicted molar refractivity (Wildman–Crippen MR) is 72.1 cm³/mol. The summed E-state index contributed by atoms with van der Waals surface area (Å²) in [5, 5.41) is 4.31. The van der Waals surface area contributed by atoms with Crippen molar-refractivity contribution in [3.8, 4) is 0 Å². The Balaban J connectivity index is -0.000000605. The van der Waals surface area contributed by atoms with Gasteiger partial charge in [0.1, 0.15) is 0 Å². The molecule has 0 aliphatic rings. The van der Waals surface area contributed by atoms with Crippen LogP contribution in [0, 0.1) is 11.8 Å². The highest BCUT2D eigenvalue weighted by atomic mass is 27.2. The van der Waals surface area contributed by atoms with Crippen molar-refractivity contribution in [1.82, 2.24) is 0 Å². The van der Waals surface area contributed by atoms with Crippen molar-refractivity contribution in [2.75, 3.05) is 0 Å². The van der Waals surface area contributed by atoms with Gasteiger partial charge >= 0.3 is 0 Å². The van der Waals surface area contributed by atoms with E-state index in [0.717, 1.165) is 11.8 Å². The van der Waals surface area contributed by atoms with Crippen molar-refractivity contribution in [3.63, 3.8) is 0 Å². The topological polar surface area (TPSA) is 0 Å². The van der Waals surface area contributed by atoms with Gasteiger partial charge in [-0.05, 0) is 0 Å². The van der Waals surface area contributed by atoms with Gasteiger partial charge in [-0.15, -0.1) is 12.7 Å². The van der Waals surface area contributed by atoms with E-state index in [9.17, 15) is 0 Å². The molecule has 0 aromatic carbocycles. The molecule has 0 spiro atoms. The molecule has 0 amide bonds. The Morgan fingerprint density at radius 3 is 1.77 bits per heavy atom. The Morgan fingerprint density at radius 2 is 1.54 bits per heavy atom. The maximum Gasteiger partial charge on any atom is 0.266 e. The van der Waals surface area contributed by atoms with E-state index in [0.29, 0.717) is 0 Å². The molecular weight excluding hydrogens is 186 g/mol. The lowest BCUT2D eigenvalue weighted by molar-refractivity contribution is 0.689. The van der Waals surface area contributed by atoms with Gasteiger partial charge in [0, 0.05) is 1.43 Å². The molecule has 0 aliphatic heterocycles. The van der Waals surface area contributed by atoms with Gasteiger partial charge in [0.25, 0.3) is 14.1 Å². The second kappa shape index (κ2) is 9.36. The van der Waals surface area contributed by atoms with E-state index in [1.165, 1.54) is 15.8 Å². The summed E-state index contributed by atoms with van der Waals surface area (Å²) in [4.78, 5) is 0. The van der Waals surface area contributed by atoms with Crippen molar-refractivity contribution in [1.29, 1.82) is 0 Å². The molecule has 13 heavy (non-hydrogen) atoms. The standard InChI is InChI=1S/2C4H9.C3H5.2Al.H2.3H/c2*1-4(2)3;1-3-2;;;;;;/h2*4H,1H2,2-3H3;3H,1-2H2;;;1H;;;. The summed E-state index contributed by atoms with van der Waals surface area (Å²) >= 11 is -0.468. The van der Waals surface area contributed by atoms with Crippen LogP contribution in [0.3, 0.4) is 0 Å². The first-order valence-corrected chi connectivity index (χ1v) is 7.62. The van der Waals surface area contributed by atoms with Gasteiger partial charge in [0.2, 0.25) is 0 Å². The molecular formula is C11H28Al2. The molecule has 0 aliphatic carbocycles. The van der Waals surface area contributed by atoms with E-state index < -0.39 is 14.1 Å². The van der Waals surface area contributed by atoms with Crippen LogP contribution in [0.25, 0.3) is 0 Å². The first-order valence-electron chi connectivity index (χ1n) is 5.17. The van der Waals surface area contributed by atoms with Gasteiger partial charge in [-0.2, -0.15) is 0 Å². The fourth-order valence-corrected chi connectivity index (χ4v) is 5.57. The number of hydrogen-bond acceptors (Lipinski definition) is 0. The fraction of sp³-hybridized carbons (Fsp3) is 0.818. The van der Waals surface area contributed by atoms with E-state index in [4.69, 9.17) is 0 Å². The molecule has 0 saturated heterocycles. The molecule has 0 aromatic rings. The lowest BCUT2D eigenvalue weighted by atomic mass is 10.3. The van der Waals surface area contributed by atoms with Gasteiger partial charge in [-0.1, -0.05) is 55.4 Å². The zero-order valence-electron chi connectivity index (χ0n) is 9.14. The molecule has 2 heteroatoms. The zero-order valence-corrected chi connectivity index (χ0v) is 10.3. The van der Waals surface area contributed by atoms with Crippen LogP contribution < -0.4 is 0 Å². The second-order valence-electron chi connectivity index (χ2n) is 4.65. The van der Waals surface area contributed by atoms with Crippen LogP contribution in [0.1, 0.15) is 29.1 Å². The summed E-state index contributed by atoms with van der Waals surface area (Å²) in [6.07, 6.45) is 2.13.